The van der Waals surface area contributed by atoms with Crippen LogP contribution in [0.15, 0.2) is 30.5 Å². The maximum Gasteiger partial charge on any atom is 0.586 e. The molecule has 0 fully saturated rings. The molecule has 20 heavy (non-hydrogen) atoms. The van der Waals surface area contributed by atoms with Crippen LogP contribution < -0.4 is 14.8 Å². The quantitative estimate of drug-likeness (QED) is 0.935. The molecule has 0 spiro atoms. The fourth-order valence-corrected chi connectivity index (χ4v) is 2.04. The van der Waals surface area contributed by atoms with Crippen LogP contribution in [0.2, 0.25) is 0 Å². The number of anilines is 1. The van der Waals surface area contributed by atoms with Crippen LogP contribution >= 0.6 is 0 Å². The Morgan fingerprint density at radius 1 is 1.25 bits per heavy atom. The molecule has 2 heterocycles. The molecule has 1 aliphatic rings. The molecule has 7 heteroatoms. The summed E-state index contributed by atoms with van der Waals surface area (Å²) in [4.78, 5) is 0. The van der Waals surface area contributed by atoms with E-state index in [1.54, 1.807) is 16.9 Å². The van der Waals surface area contributed by atoms with Gasteiger partial charge in [-0.15, -0.1) is 8.78 Å². The third-order valence-corrected chi connectivity index (χ3v) is 3.03. The highest BCUT2D eigenvalue weighted by molar-refractivity contribution is 5.55. The standard InChI is InChI=1S/C13H13F2N3O2/c1-18-10(5-7-17-18)4-6-16-9-2-3-11-12(8-9)20-13(14,15)19-11/h2-3,5,7-8,16H,4,6H2,1H3. The molecule has 106 valence electrons. The first-order chi connectivity index (χ1) is 9.53. The van der Waals surface area contributed by atoms with Gasteiger partial charge in [0.15, 0.2) is 11.5 Å². The third-order valence-electron chi connectivity index (χ3n) is 3.03. The van der Waals surface area contributed by atoms with E-state index in [4.69, 9.17) is 0 Å². The molecule has 0 bridgehead atoms. The first-order valence-corrected chi connectivity index (χ1v) is 6.14. The number of nitrogens with one attached hydrogen (secondary N) is 1. The summed E-state index contributed by atoms with van der Waals surface area (Å²) in [7, 11) is 1.87. The monoisotopic (exact) mass is 281 g/mol. The molecule has 2 aromatic rings. The normalized spacial score (nSPS) is 15.3. The summed E-state index contributed by atoms with van der Waals surface area (Å²) in [5, 5.41) is 7.22. The van der Waals surface area contributed by atoms with Gasteiger partial charge in [-0.25, -0.2) is 0 Å². The van der Waals surface area contributed by atoms with Gasteiger partial charge < -0.3 is 14.8 Å². The van der Waals surface area contributed by atoms with Gasteiger partial charge >= 0.3 is 6.29 Å². The van der Waals surface area contributed by atoms with Crippen molar-refractivity contribution in [3.8, 4) is 11.5 Å². The van der Waals surface area contributed by atoms with Gasteiger partial charge in [-0.05, 0) is 18.2 Å². The van der Waals surface area contributed by atoms with Crippen LogP contribution in [-0.2, 0) is 13.5 Å². The van der Waals surface area contributed by atoms with Crippen molar-refractivity contribution in [2.75, 3.05) is 11.9 Å². The summed E-state index contributed by atoms with van der Waals surface area (Å²) in [6.07, 6.45) is -1.06. The number of aryl methyl sites for hydroxylation is 1. The molecule has 3 rings (SSSR count). The molecule has 1 N–H and O–H groups in total. The van der Waals surface area contributed by atoms with E-state index < -0.39 is 6.29 Å². The number of ether oxygens (including phenoxy) is 2. The van der Waals surface area contributed by atoms with Crippen LogP contribution in [0.25, 0.3) is 0 Å². The maximum absolute atomic E-state index is 12.9. The van der Waals surface area contributed by atoms with E-state index in [1.807, 2.05) is 13.1 Å². The summed E-state index contributed by atoms with van der Waals surface area (Å²) >= 11 is 0. The number of hydrogen-bond donors (Lipinski definition) is 1. The van der Waals surface area contributed by atoms with Gasteiger partial charge in [0.25, 0.3) is 0 Å². The van der Waals surface area contributed by atoms with Gasteiger partial charge in [0.1, 0.15) is 0 Å². The summed E-state index contributed by atoms with van der Waals surface area (Å²) in [5.41, 5.74) is 1.79. The van der Waals surface area contributed by atoms with Crippen molar-refractivity contribution in [3.63, 3.8) is 0 Å². The van der Waals surface area contributed by atoms with E-state index in [2.05, 4.69) is 19.9 Å². The summed E-state index contributed by atoms with van der Waals surface area (Å²) < 4.78 is 36.3. The highest BCUT2D eigenvalue weighted by atomic mass is 19.3. The zero-order chi connectivity index (χ0) is 14.2. The molecule has 0 saturated carbocycles. The largest absolute Gasteiger partial charge is 0.586 e. The molecule has 0 saturated heterocycles. The number of halogens is 2. The number of hydrogen-bond acceptors (Lipinski definition) is 4. The Hall–Kier alpha value is -2.31. The number of nitrogens with zero attached hydrogens (tertiary/aromatic N) is 2. The Balaban J connectivity index is 1.61. The lowest BCUT2D eigenvalue weighted by molar-refractivity contribution is -0.286. The van der Waals surface area contributed by atoms with Crippen molar-refractivity contribution in [2.45, 2.75) is 12.7 Å². The fraction of sp³-hybridized carbons (Fsp3) is 0.308. The molecule has 1 aromatic carbocycles. The Kier molecular flexibility index (Phi) is 2.96. The SMILES string of the molecule is Cn1nccc1CCNc1ccc2c(c1)OC(F)(F)O2. The Labute approximate surface area is 114 Å². The fourth-order valence-electron chi connectivity index (χ4n) is 2.04. The van der Waals surface area contributed by atoms with Gasteiger partial charge in [-0.3, -0.25) is 4.68 Å². The predicted octanol–water partition coefficient (Wildman–Crippen LogP) is 2.40. The van der Waals surface area contributed by atoms with E-state index in [9.17, 15) is 8.78 Å². The lowest BCUT2D eigenvalue weighted by Crippen LogP contribution is -2.25. The minimum Gasteiger partial charge on any atom is -0.395 e. The second kappa shape index (κ2) is 4.66. The summed E-state index contributed by atoms with van der Waals surface area (Å²) in [6.45, 7) is 0.662. The van der Waals surface area contributed by atoms with Gasteiger partial charge in [0, 0.05) is 43.7 Å². The molecule has 1 aliphatic heterocycles. The van der Waals surface area contributed by atoms with E-state index in [0.717, 1.165) is 12.1 Å². The molecule has 0 amide bonds. The number of aromatic nitrogens is 2. The molecular formula is C13H13F2N3O2. The Morgan fingerprint density at radius 2 is 2.05 bits per heavy atom. The van der Waals surface area contributed by atoms with Gasteiger partial charge in [0.05, 0.1) is 0 Å². The number of fused-ring (bicyclic) bond motifs is 1. The third kappa shape index (κ3) is 2.52. The van der Waals surface area contributed by atoms with E-state index in [-0.39, 0.29) is 11.5 Å². The highest BCUT2D eigenvalue weighted by Gasteiger charge is 2.43. The van der Waals surface area contributed by atoms with E-state index in [1.165, 1.54) is 12.1 Å². The van der Waals surface area contributed by atoms with Crippen LogP contribution in [0.4, 0.5) is 14.5 Å². The van der Waals surface area contributed by atoms with E-state index >= 15 is 0 Å². The van der Waals surface area contributed by atoms with Crippen LogP contribution in [0.1, 0.15) is 5.69 Å². The van der Waals surface area contributed by atoms with Crippen molar-refractivity contribution in [3.05, 3.63) is 36.2 Å². The first kappa shape index (κ1) is 12.7. The molecule has 5 nitrogen and oxygen atoms in total. The van der Waals surface area contributed by atoms with Crippen LogP contribution in [0.3, 0.4) is 0 Å². The van der Waals surface area contributed by atoms with E-state index in [0.29, 0.717) is 12.2 Å². The minimum absolute atomic E-state index is 0.0422. The predicted molar refractivity (Wildman–Crippen MR) is 68.0 cm³/mol. The lowest BCUT2D eigenvalue weighted by atomic mass is 10.2. The van der Waals surface area contributed by atoms with Gasteiger partial charge in [-0.2, -0.15) is 5.10 Å². The lowest BCUT2D eigenvalue weighted by Gasteiger charge is -2.07. The minimum atomic E-state index is -3.57. The maximum atomic E-state index is 12.9. The van der Waals surface area contributed by atoms with Crippen LogP contribution in [-0.4, -0.2) is 22.6 Å². The average Bonchev–Trinajstić information content (AvgIpc) is 2.91. The second-order valence-corrected chi connectivity index (χ2v) is 4.45. The molecule has 1 aromatic heterocycles. The smallest absolute Gasteiger partial charge is 0.395 e. The highest BCUT2D eigenvalue weighted by Crippen LogP contribution is 2.42. The molecule has 0 unspecified atom stereocenters. The Bertz CT molecular complexity index is 628. The van der Waals surface area contributed by atoms with Crippen molar-refractivity contribution in [2.24, 2.45) is 7.05 Å². The number of alkyl halides is 2. The summed E-state index contributed by atoms with van der Waals surface area (Å²) in [6, 6.07) is 6.57. The molecule has 0 atom stereocenters. The second-order valence-electron chi connectivity index (χ2n) is 4.45. The average molecular weight is 281 g/mol. The topological polar surface area (TPSA) is 48.3 Å². The first-order valence-electron chi connectivity index (χ1n) is 6.14. The van der Waals surface area contributed by atoms with Crippen molar-refractivity contribution < 1.29 is 18.3 Å². The van der Waals surface area contributed by atoms with Crippen LogP contribution in [0.5, 0.6) is 11.5 Å². The van der Waals surface area contributed by atoms with Gasteiger partial charge in [0.2, 0.25) is 0 Å². The zero-order valence-electron chi connectivity index (χ0n) is 10.8. The van der Waals surface area contributed by atoms with Gasteiger partial charge in [-0.1, -0.05) is 0 Å². The Morgan fingerprint density at radius 3 is 2.80 bits per heavy atom. The van der Waals surface area contributed by atoms with Crippen molar-refractivity contribution in [1.82, 2.24) is 9.78 Å². The molecule has 0 aliphatic carbocycles. The molecule has 0 radical (unpaired) electrons. The molecular weight excluding hydrogens is 268 g/mol. The number of benzene rings is 1. The number of rotatable bonds is 4. The summed E-state index contributed by atoms with van der Waals surface area (Å²) in [5.74, 6) is 0.0905. The van der Waals surface area contributed by atoms with Crippen molar-refractivity contribution in [1.29, 1.82) is 0 Å². The van der Waals surface area contributed by atoms with Crippen molar-refractivity contribution >= 4 is 5.69 Å². The van der Waals surface area contributed by atoms with Crippen LogP contribution in [0, 0.1) is 0 Å². The zero-order valence-corrected chi connectivity index (χ0v) is 10.8.